The monoisotopic (exact) mass is 537 g/mol. The summed E-state index contributed by atoms with van der Waals surface area (Å²) in [4.78, 5) is 11.1. The zero-order chi connectivity index (χ0) is 25.6. The number of benzene rings is 2. The maximum Gasteiger partial charge on any atom is 0.397 e. The first-order chi connectivity index (χ1) is 15.6. The molecule has 34 heavy (non-hydrogen) atoms. The Morgan fingerprint density at radius 1 is 0.971 bits per heavy atom. The summed E-state index contributed by atoms with van der Waals surface area (Å²) in [6, 6.07) is 8.15. The van der Waals surface area contributed by atoms with Gasteiger partial charge in [-0.1, -0.05) is 0 Å². The number of carbonyl (C=O) groups is 1. The van der Waals surface area contributed by atoms with Crippen molar-refractivity contribution in [1.82, 2.24) is 0 Å². The molecule has 0 aliphatic carbocycles. The van der Waals surface area contributed by atoms with E-state index in [2.05, 4.69) is 25.0 Å². The van der Waals surface area contributed by atoms with Gasteiger partial charge in [-0.3, -0.25) is 9.11 Å². The number of anilines is 2. The van der Waals surface area contributed by atoms with Gasteiger partial charge in [0, 0.05) is 5.69 Å². The van der Waals surface area contributed by atoms with Crippen molar-refractivity contribution in [2.24, 2.45) is 16.0 Å². The fourth-order valence-electron chi connectivity index (χ4n) is 2.34. The summed E-state index contributed by atoms with van der Waals surface area (Å²) in [5.74, 6) is -1.48. The smallest absolute Gasteiger partial charge is 0.370 e. The summed E-state index contributed by atoms with van der Waals surface area (Å²) in [6.45, 7) is -0.770. The van der Waals surface area contributed by atoms with E-state index < -0.39 is 54.6 Å². The normalized spacial score (nSPS) is 12.5. The molecule has 0 heterocycles. The predicted molar refractivity (Wildman–Crippen MR) is 120 cm³/mol. The molecule has 18 heteroatoms. The molecule has 0 bridgehead atoms. The third-order valence-corrected chi connectivity index (χ3v) is 6.43. The quantitative estimate of drug-likeness (QED) is 0.203. The molecule has 2 amide bonds. The molecule has 0 spiro atoms. The van der Waals surface area contributed by atoms with E-state index in [-0.39, 0.29) is 27.6 Å². The summed E-state index contributed by atoms with van der Waals surface area (Å²) < 4.78 is 88.4. The van der Waals surface area contributed by atoms with Crippen molar-refractivity contribution in [3.05, 3.63) is 42.5 Å². The average Bonchev–Trinajstić information content (AvgIpc) is 2.70. The molecule has 6 N–H and O–H groups in total. The molecule has 0 saturated carbocycles. The van der Waals surface area contributed by atoms with E-state index in [4.69, 9.17) is 14.8 Å². The SMILES string of the molecule is NC(=O)Nc1cc(NCS(=O)(=O)O)ccc1/N=N/c1ccc(S(=O)(=O)CCOS(=O)(=O)O)cc1. The van der Waals surface area contributed by atoms with E-state index in [1.807, 2.05) is 0 Å². The van der Waals surface area contributed by atoms with Gasteiger partial charge in [-0.15, -0.1) is 5.11 Å². The number of azo groups is 1. The highest BCUT2D eigenvalue weighted by Gasteiger charge is 2.16. The summed E-state index contributed by atoms with van der Waals surface area (Å²) in [5.41, 5.74) is 5.73. The lowest BCUT2D eigenvalue weighted by Gasteiger charge is -2.09. The van der Waals surface area contributed by atoms with Gasteiger partial charge >= 0.3 is 16.4 Å². The second-order valence-corrected chi connectivity index (χ2v) is 11.0. The summed E-state index contributed by atoms with van der Waals surface area (Å²) in [5, 5.41) is 12.6. The lowest BCUT2D eigenvalue weighted by molar-refractivity contribution is 0.259. The number of carbonyl (C=O) groups excluding carboxylic acids is 1. The van der Waals surface area contributed by atoms with Crippen molar-refractivity contribution in [2.75, 3.05) is 28.9 Å². The van der Waals surface area contributed by atoms with Crippen LogP contribution < -0.4 is 16.4 Å². The van der Waals surface area contributed by atoms with Gasteiger partial charge in [-0.05, 0) is 42.5 Å². The van der Waals surface area contributed by atoms with Crippen LogP contribution in [0, 0.1) is 0 Å². The maximum absolute atomic E-state index is 12.2. The lowest BCUT2D eigenvalue weighted by Crippen LogP contribution is -2.19. The molecular formula is C16H19N5O10S3. The van der Waals surface area contributed by atoms with Crippen molar-refractivity contribution in [3.63, 3.8) is 0 Å². The van der Waals surface area contributed by atoms with Gasteiger partial charge in [0.25, 0.3) is 10.1 Å². The number of nitrogens with zero attached hydrogens (tertiary/aromatic N) is 2. The van der Waals surface area contributed by atoms with Gasteiger partial charge in [0.05, 0.1) is 28.6 Å². The average molecular weight is 538 g/mol. The number of hydrogen-bond acceptors (Lipinski definition) is 11. The Balaban J connectivity index is 2.18. The Hall–Kier alpha value is -3.16. The zero-order valence-corrected chi connectivity index (χ0v) is 19.5. The number of primary amides is 1. The van der Waals surface area contributed by atoms with Crippen LogP contribution in [-0.2, 0) is 34.5 Å². The van der Waals surface area contributed by atoms with E-state index in [9.17, 15) is 30.0 Å². The summed E-state index contributed by atoms with van der Waals surface area (Å²) in [7, 11) is -13.0. The predicted octanol–water partition coefficient (Wildman–Crippen LogP) is 1.44. The van der Waals surface area contributed by atoms with Crippen LogP contribution in [0.5, 0.6) is 0 Å². The number of nitrogens with two attached hydrogens (primary N) is 1. The van der Waals surface area contributed by atoms with Gasteiger partial charge in [0.2, 0.25) is 0 Å². The van der Waals surface area contributed by atoms with E-state index in [1.165, 1.54) is 42.5 Å². The molecular weight excluding hydrogens is 518 g/mol. The van der Waals surface area contributed by atoms with Crippen LogP contribution in [0.2, 0.25) is 0 Å². The van der Waals surface area contributed by atoms with Crippen LogP contribution in [0.25, 0.3) is 0 Å². The molecule has 0 aliphatic heterocycles. The highest BCUT2D eigenvalue weighted by Crippen LogP contribution is 2.30. The van der Waals surface area contributed by atoms with E-state index in [0.29, 0.717) is 0 Å². The fraction of sp³-hybridized carbons (Fsp3) is 0.188. The Morgan fingerprint density at radius 2 is 1.62 bits per heavy atom. The van der Waals surface area contributed by atoms with Gasteiger partial charge in [-0.25, -0.2) is 17.4 Å². The topological polar surface area (TPSA) is 244 Å². The minimum absolute atomic E-state index is 0.0645. The zero-order valence-electron chi connectivity index (χ0n) is 17.0. The second-order valence-electron chi connectivity index (χ2n) is 6.39. The molecule has 0 radical (unpaired) electrons. The van der Waals surface area contributed by atoms with Crippen LogP contribution in [0.1, 0.15) is 0 Å². The molecule has 0 aromatic heterocycles. The molecule has 15 nitrogen and oxygen atoms in total. The van der Waals surface area contributed by atoms with Crippen LogP contribution in [0.15, 0.2) is 57.6 Å². The minimum Gasteiger partial charge on any atom is -0.370 e. The van der Waals surface area contributed by atoms with Crippen molar-refractivity contribution in [1.29, 1.82) is 0 Å². The van der Waals surface area contributed by atoms with Crippen molar-refractivity contribution in [3.8, 4) is 0 Å². The van der Waals surface area contributed by atoms with Crippen LogP contribution in [0.4, 0.5) is 27.5 Å². The van der Waals surface area contributed by atoms with E-state index >= 15 is 0 Å². The Kier molecular flexibility index (Phi) is 8.64. The van der Waals surface area contributed by atoms with Gasteiger partial charge < -0.3 is 16.4 Å². The molecule has 0 atom stereocenters. The molecule has 2 rings (SSSR count). The fourth-order valence-corrected chi connectivity index (χ4v) is 4.18. The summed E-state index contributed by atoms with van der Waals surface area (Å²) >= 11 is 0. The highest BCUT2D eigenvalue weighted by molar-refractivity contribution is 7.91. The number of hydrogen-bond donors (Lipinski definition) is 5. The highest BCUT2D eigenvalue weighted by atomic mass is 32.3. The number of sulfone groups is 1. The molecule has 0 unspecified atom stereocenters. The molecule has 0 saturated heterocycles. The number of amides is 2. The largest absolute Gasteiger partial charge is 0.397 e. The maximum atomic E-state index is 12.2. The molecule has 186 valence electrons. The van der Waals surface area contributed by atoms with Crippen LogP contribution in [0.3, 0.4) is 0 Å². The molecule has 2 aromatic rings. The Bertz CT molecular complexity index is 1390. The third kappa shape index (κ3) is 9.37. The first-order valence-corrected chi connectivity index (χ1v) is 13.5. The minimum atomic E-state index is -4.76. The Morgan fingerprint density at radius 3 is 2.18 bits per heavy atom. The first-order valence-electron chi connectivity index (χ1n) is 8.90. The van der Waals surface area contributed by atoms with Crippen molar-refractivity contribution >= 4 is 59.1 Å². The van der Waals surface area contributed by atoms with Crippen LogP contribution in [-0.4, -0.2) is 58.6 Å². The molecule has 2 aromatic carbocycles. The van der Waals surface area contributed by atoms with Crippen molar-refractivity contribution in [2.45, 2.75) is 4.90 Å². The molecule has 0 aliphatic rings. The van der Waals surface area contributed by atoms with Crippen LogP contribution >= 0.6 is 0 Å². The van der Waals surface area contributed by atoms with Gasteiger partial charge in [0.15, 0.2) is 9.84 Å². The number of nitrogens with one attached hydrogen (secondary N) is 2. The van der Waals surface area contributed by atoms with E-state index in [1.54, 1.807) is 0 Å². The van der Waals surface area contributed by atoms with Gasteiger partial charge in [0.1, 0.15) is 11.6 Å². The first kappa shape index (κ1) is 27.1. The van der Waals surface area contributed by atoms with Gasteiger partial charge in [-0.2, -0.15) is 21.9 Å². The molecule has 0 fully saturated rings. The van der Waals surface area contributed by atoms with E-state index in [0.717, 1.165) is 0 Å². The number of rotatable bonds is 11. The van der Waals surface area contributed by atoms with Crippen molar-refractivity contribution < 1.29 is 43.3 Å². The standard InChI is InChI=1S/C16H19N5O10S3/c17-16(22)19-15-9-12(18-10-33(25,26)27)3-6-14(15)21-20-11-1-4-13(5-2-11)32(23,24)8-7-31-34(28,29)30/h1-6,9,18H,7-8,10H2,(H3,17,19,22)(H,25,26,27)(H,28,29,30)/b21-20+. The summed E-state index contributed by atoms with van der Waals surface area (Å²) in [6.07, 6.45) is 0. The Labute approximate surface area is 194 Å². The third-order valence-electron chi connectivity index (χ3n) is 3.77. The lowest BCUT2D eigenvalue weighted by atomic mass is 10.2. The second kappa shape index (κ2) is 10.8. The number of urea groups is 1.